The third-order valence-electron chi connectivity index (χ3n) is 4.70. The molecule has 1 fully saturated rings. The second-order valence-corrected chi connectivity index (χ2v) is 9.01. The topological polar surface area (TPSA) is 83.5 Å². The van der Waals surface area contributed by atoms with Gasteiger partial charge in [0, 0.05) is 18.7 Å². The van der Waals surface area contributed by atoms with E-state index in [1.54, 1.807) is 30.3 Å². The summed E-state index contributed by atoms with van der Waals surface area (Å²) in [4.78, 5) is 24.0. The van der Waals surface area contributed by atoms with Crippen LogP contribution in [0, 0.1) is 5.82 Å². The van der Waals surface area contributed by atoms with Crippen molar-refractivity contribution < 1.29 is 22.4 Å². The van der Waals surface area contributed by atoms with E-state index in [0.29, 0.717) is 31.5 Å². The Labute approximate surface area is 173 Å². The standard InChI is InChI=1S/C20H20ClFN2O4S/c21-16-12-17(22)19(29(27,28)24-9-5-2-6-10-24)11-15(16)20(26)23-13-18(25)14-7-3-1-4-8-14/h1,3-4,7-8,11-12H,2,5-6,9-10,13H2,(H,23,26). The first-order chi connectivity index (χ1) is 13.8. The molecule has 29 heavy (non-hydrogen) atoms. The van der Waals surface area contributed by atoms with E-state index < -0.39 is 26.6 Å². The summed E-state index contributed by atoms with van der Waals surface area (Å²) in [6.07, 6.45) is 2.31. The number of nitrogens with one attached hydrogen (secondary N) is 1. The van der Waals surface area contributed by atoms with Crippen LogP contribution in [0.15, 0.2) is 47.4 Å². The lowest BCUT2D eigenvalue weighted by molar-refractivity contribution is 0.0904. The molecule has 0 saturated carbocycles. The van der Waals surface area contributed by atoms with E-state index in [4.69, 9.17) is 11.6 Å². The van der Waals surface area contributed by atoms with Crippen LogP contribution in [0.5, 0.6) is 0 Å². The Balaban J connectivity index is 1.81. The molecule has 0 aliphatic carbocycles. The van der Waals surface area contributed by atoms with E-state index >= 15 is 0 Å². The molecule has 1 amide bonds. The predicted octanol–water partition coefficient (Wildman–Crippen LogP) is 3.27. The molecule has 1 aliphatic heterocycles. The van der Waals surface area contributed by atoms with Gasteiger partial charge in [-0.2, -0.15) is 4.31 Å². The van der Waals surface area contributed by atoms with Gasteiger partial charge >= 0.3 is 0 Å². The molecule has 2 aromatic carbocycles. The van der Waals surface area contributed by atoms with Gasteiger partial charge in [0.05, 0.1) is 17.1 Å². The molecule has 2 aromatic rings. The molecule has 154 valence electrons. The summed E-state index contributed by atoms with van der Waals surface area (Å²) in [5.74, 6) is -2.09. The van der Waals surface area contributed by atoms with Crippen molar-refractivity contribution in [3.8, 4) is 0 Å². The number of benzene rings is 2. The number of sulfonamides is 1. The van der Waals surface area contributed by atoms with Gasteiger partial charge < -0.3 is 5.32 Å². The van der Waals surface area contributed by atoms with E-state index in [0.717, 1.165) is 18.6 Å². The molecule has 1 saturated heterocycles. The van der Waals surface area contributed by atoms with Crippen LogP contribution in [0.1, 0.15) is 40.0 Å². The zero-order chi connectivity index (χ0) is 21.0. The molecule has 0 spiro atoms. The van der Waals surface area contributed by atoms with E-state index in [-0.39, 0.29) is 22.9 Å². The number of Topliss-reactive ketones (excluding diaryl/α,β-unsaturated/α-hetero) is 1. The van der Waals surface area contributed by atoms with Gasteiger partial charge in [-0.05, 0) is 25.0 Å². The lowest BCUT2D eigenvalue weighted by atomic mass is 10.1. The van der Waals surface area contributed by atoms with Gasteiger partial charge in [0.15, 0.2) is 5.78 Å². The van der Waals surface area contributed by atoms with Crippen molar-refractivity contribution >= 4 is 33.3 Å². The number of carbonyl (C=O) groups excluding carboxylic acids is 2. The first-order valence-corrected chi connectivity index (χ1v) is 11.0. The fourth-order valence-corrected chi connectivity index (χ4v) is 4.95. The Bertz CT molecular complexity index is 1020. The highest BCUT2D eigenvalue weighted by atomic mass is 35.5. The number of halogens is 2. The fraction of sp³-hybridized carbons (Fsp3) is 0.300. The van der Waals surface area contributed by atoms with Crippen LogP contribution in [0.25, 0.3) is 0 Å². The number of piperidine rings is 1. The monoisotopic (exact) mass is 438 g/mol. The maximum absolute atomic E-state index is 14.4. The number of ketones is 1. The summed E-state index contributed by atoms with van der Waals surface area (Å²) in [6, 6.07) is 10.1. The smallest absolute Gasteiger partial charge is 0.253 e. The Morgan fingerprint density at radius 3 is 2.38 bits per heavy atom. The number of nitrogens with zero attached hydrogens (tertiary/aromatic N) is 1. The minimum Gasteiger partial charge on any atom is -0.345 e. The molecule has 1 aliphatic rings. The van der Waals surface area contributed by atoms with Crippen LogP contribution in [-0.4, -0.2) is 44.0 Å². The molecule has 0 unspecified atom stereocenters. The van der Waals surface area contributed by atoms with Crippen LogP contribution in [0.2, 0.25) is 5.02 Å². The van der Waals surface area contributed by atoms with E-state index in [1.165, 1.54) is 4.31 Å². The Hall–Kier alpha value is -2.29. The zero-order valence-corrected chi connectivity index (χ0v) is 17.1. The summed E-state index contributed by atoms with van der Waals surface area (Å²) < 4.78 is 41.2. The van der Waals surface area contributed by atoms with Crippen LogP contribution >= 0.6 is 11.6 Å². The number of amides is 1. The minimum atomic E-state index is -4.09. The number of hydrogen-bond acceptors (Lipinski definition) is 4. The third-order valence-corrected chi connectivity index (χ3v) is 6.93. The van der Waals surface area contributed by atoms with Gasteiger partial charge in [-0.15, -0.1) is 0 Å². The highest BCUT2D eigenvalue weighted by molar-refractivity contribution is 7.89. The molecule has 0 aromatic heterocycles. The summed E-state index contributed by atoms with van der Waals surface area (Å²) in [5, 5.41) is 2.18. The fourth-order valence-electron chi connectivity index (χ4n) is 3.13. The van der Waals surface area contributed by atoms with Crippen LogP contribution in [0.3, 0.4) is 0 Å². The minimum absolute atomic E-state index is 0.204. The number of rotatable bonds is 6. The van der Waals surface area contributed by atoms with Crippen molar-refractivity contribution in [3.05, 3.63) is 64.4 Å². The first-order valence-electron chi connectivity index (χ1n) is 9.16. The first kappa shape index (κ1) is 21.4. The van der Waals surface area contributed by atoms with Crippen LogP contribution < -0.4 is 5.32 Å². The summed E-state index contributed by atoms with van der Waals surface area (Å²) in [5.41, 5.74) is 0.218. The predicted molar refractivity (Wildman–Crippen MR) is 107 cm³/mol. The molecule has 9 heteroatoms. The van der Waals surface area contributed by atoms with Crippen molar-refractivity contribution in [2.24, 2.45) is 0 Å². The second kappa shape index (κ2) is 9.02. The number of hydrogen-bond donors (Lipinski definition) is 1. The van der Waals surface area contributed by atoms with Crippen molar-refractivity contribution in [1.29, 1.82) is 0 Å². The van der Waals surface area contributed by atoms with E-state index in [9.17, 15) is 22.4 Å². The second-order valence-electron chi connectivity index (χ2n) is 6.70. The largest absolute Gasteiger partial charge is 0.345 e. The third kappa shape index (κ3) is 4.83. The van der Waals surface area contributed by atoms with Crippen LogP contribution in [-0.2, 0) is 10.0 Å². The number of carbonyl (C=O) groups is 2. The summed E-state index contributed by atoms with van der Waals surface area (Å²) >= 11 is 5.97. The van der Waals surface area contributed by atoms with Crippen molar-refractivity contribution in [1.82, 2.24) is 9.62 Å². The molecule has 0 atom stereocenters. The Morgan fingerprint density at radius 2 is 1.72 bits per heavy atom. The summed E-state index contributed by atoms with van der Waals surface area (Å²) in [7, 11) is -4.09. The molecular formula is C20H20ClFN2O4S. The van der Waals surface area contributed by atoms with Gasteiger partial charge in [-0.3, -0.25) is 9.59 Å². The quantitative estimate of drug-likeness (QED) is 0.701. The molecule has 3 rings (SSSR count). The molecular weight excluding hydrogens is 419 g/mol. The van der Waals surface area contributed by atoms with Gasteiger partial charge in [0.2, 0.25) is 10.0 Å². The van der Waals surface area contributed by atoms with E-state index in [1.807, 2.05) is 0 Å². The molecule has 0 bridgehead atoms. The van der Waals surface area contributed by atoms with Gasteiger partial charge in [-0.1, -0.05) is 48.4 Å². The lowest BCUT2D eigenvalue weighted by Crippen LogP contribution is -2.36. The van der Waals surface area contributed by atoms with Gasteiger partial charge in [0.1, 0.15) is 10.7 Å². The SMILES string of the molecule is O=C(CNC(=O)c1cc(S(=O)(=O)N2CCCCC2)c(F)cc1Cl)c1ccccc1. The van der Waals surface area contributed by atoms with Gasteiger partial charge in [0.25, 0.3) is 5.91 Å². The molecule has 6 nitrogen and oxygen atoms in total. The average Bonchev–Trinajstić information content (AvgIpc) is 2.73. The zero-order valence-electron chi connectivity index (χ0n) is 15.5. The van der Waals surface area contributed by atoms with Gasteiger partial charge in [-0.25, -0.2) is 12.8 Å². The van der Waals surface area contributed by atoms with E-state index in [2.05, 4.69) is 5.32 Å². The summed E-state index contributed by atoms with van der Waals surface area (Å²) in [6.45, 7) is 0.305. The molecule has 1 heterocycles. The van der Waals surface area contributed by atoms with Crippen molar-refractivity contribution in [2.75, 3.05) is 19.6 Å². The lowest BCUT2D eigenvalue weighted by Gasteiger charge is -2.26. The van der Waals surface area contributed by atoms with Crippen LogP contribution in [0.4, 0.5) is 4.39 Å². The van der Waals surface area contributed by atoms with Crippen molar-refractivity contribution in [3.63, 3.8) is 0 Å². The highest BCUT2D eigenvalue weighted by Gasteiger charge is 2.30. The Morgan fingerprint density at radius 1 is 1.07 bits per heavy atom. The Kier molecular flexibility index (Phi) is 6.66. The maximum Gasteiger partial charge on any atom is 0.253 e. The van der Waals surface area contributed by atoms with Crippen molar-refractivity contribution in [2.45, 2.75) is 24.2 Å². The molecule has 1 N–H and O–H groups in total. The maximum atomic E-state index is 14.4. The normalized spacial score (nSPS) is 15.1. The molecule has 0 radical (unpaired) electrons. The highest BCUT2D eigenvalue weighted by Crippen LogP contribution is 2.28. The average molecular weight is 439 g/mol.